The zero-order chi connectivity index (χ0) is 6.85. The monoisotopic (exact) mass is 127 g/mol. The molecule has 0 aromatic rings. The van der Waals surface area contributed by atoms with Crippen LogP contribution in [0.3, 0.4) is 0 Å². The highest BCUT2D eigenvalue weighted by Crippen LogP contribution is 2.16. The van der Waals surface area contributed by atoms with E-state index in [2.05, 4.69) is 6.92 Å². The van der Waals surface area contributed by atoms with E-state index in [1.54, 1.807) is 0 Å². The lowest BCUT2D eigenvalue weighted by Gasteiger charge is -2.18. The van der Waals surface area contributed by atoms with Crippen molar-refractivity contribution in [1.29, 1.82) is 0 Å². The van der Waals surface area contributed by atoms with Gasteiger partial charge in [-0.25, -0.2) is 0 Å². The summed E-state index contributed by atoms with van der Waals surface area (Å²) in [7, 11) is 0. The SMILES string of the molecule is CCN1C(=O)CC[C@@H]1C. The van der Waals surface area contributed by atoms with Gasteiger partial charge in [0.2, 0.25) is 5.91 Å². The van der Waals surface area contributed by atoms with Gasteiger partial charge in [-0.3, -0.25) is 4.79 Å². The Hall–Kier alpha value is -0.530. The van der Waals surface area contributed by atoms with Crippen molar-refractivity contribution in [2.75, 3.05) is 6.54 Å². The highest BCUT2D eigenvalue weighted by atomic mass is 16.2. The Balaban J connectivity index is 2.55. The molecule has 2 heteroatoms. The summed E-state index contributed by atoms with van der Waals surface area (Å²) in [5, 5.41) is 0. The lowest BCUT2D eigenvalue weighted by Crippen LogP contribution is -2.30. The molecule has 0 aliphatic carbocycles. The van der Waals surface area contributed by atoms with Gasteiger partial charge >= 0.3 is 0 Å². The first-order valence-corrected chi connectivity index (χ1v) is 3.55. The first kappa shape index (κ1) is 6.59. The van der Waals surface area contributed by atoms with Gasteiger partial charge in [0.15, 0.2) is 0 Å². The molecule has 0 N–H and O–H groups in total. The summed E-state index contributed by atoms with van der Waals surface area (Å²) in [6.45, 7) is 5.01. The van der Waals surface area contributed by atoms with Crippen LogP contribution in [0, 0.1) is 0 Å². The van der Waals surface area contributed by atoms with Crippen LogP contribution < -0.4 is 0 Å². The molecule has 1 rings (SSSR count). The van der Waals surface area contributed by atoms with Crippen molar-refractivity contribution < 1.29 is 4.79 Å². The third-order valence-electron chi connectivity index (χ3n) is 1.97. The number of hydrogen-bond acceptors (Lipinski definition) is 1. The lowest BCUT2D eigenvalue weighted by atomic mass is 10.2. The molecule has 0 saturated carbocycles. The fourth-order valence-corrected chi connectivity index (χ4v) is 1.37. The summed E-state index contributed by atoms with van der Waals surface area (Å²) in [6.07, 6.45) is 1.81. The number of amides is 1. The summed E-state index contributed by atoms with van der Waals surface area (Å²) < 4.78 is 0. The van der Waals surface area contributed by atoms with E-state index in [4.69, 9.17) is 0 Å². The Bertz CT molecular complexity index is 122. The van der Waals surface area contributed by atoms with Gasteiger partial charge in [-0.2, -0.15) is 0 Å². The van der Waals surface area contributed by atoms with Gasteiger partial charge in [-0.05, 0) is 20.3 Å². The molecule has 1 aliphatic rings. The van der Waals surface area contributed by atoms with Gasteiger partial charge < -0.3 is 4.90 Å². The molecular weight excluding hydrogens is 114 g/mol. The Morgan fingerprint density at radius 3 is 2.67 bits per heavy atom. The average molecular weight is 127 g/mol. The van der Waals surface area contributed by atoms with Crippen LogP contribution in [0.15, 0.2) is 0 Å². The van der Waals surface area contributed by atoms with Crippen LogP contribution in [0.5, 0.6) is 0 Å². The normalized spacial score (nSPS) is 27.6. The molecule has 0 unspecified atom stereocenters. The van der Waals surface area contributed by atoms with Gasteiger partial charge in [0.1, 0.15) is 0 Å². The van der Waals surface area contributed by atoms with Crippen molar-refractivity contribution in [3.8, 4) is 0 Å². The summed E-state index contributed by atoms with van der Waals surface area (Å²) in [4.78, 5) is 12.9. The number of hydrogen-bond donors (Lipinski definition) is 0. The van der Waals surface area contributed by atoms with Crippen LogP contribution >= 0.6 is 0 Å². The van der Waals surface area contributed by atoms with Crippen LogP contribution in [-0.4, -0.2) is 23.4 Å². The molecule has 0 aromatic carbocycles. The summed E-state index contributed by atoms with van der Waals surface area (Å²) in [5.74, 6) is 0.324. The molecule has 1 amide bonds. The number of likely N-dealkylation sites (tertiary alicyclic amines) is 1. The van der Waals surface area contributed by atoms with E-state index in [9.17, 15) is 4.79 Å². The molecule has 2 nitrogen and oxygen atoms in total. The average Bonchev–Trinajstić information content (AvgIpc) is 2.12. The van der Waals surface area contributed by atoms with E-state index < -0.39 is 0 Å². The minimum atomic E-state index is 0.324. The lowest BCUT2D eigenvalue weighted by molar-refractivity contribution is -0.128. The maximum Gasteiger partial charge on any atom is 0.222 e. The zero-order valence-corrected chi connectivity index (χ0v) is 6.05. The van der Waals surface area contributed by atoms with E-state index in [0.717, 1.165) is 19.4 Å². The number of carbonyl (C=O) groups excluding carboxylic acids is 1. The van der Waals surface area contributed by atoms with E-state index in [1.807, 2.05) is 11.8 Å². The molecule has 0 spiro atoms. The topological polar surface area (TPSA) is 20.3 Å². The predicted octanol–water partition coefficient (Wildman–Crippen LogP) is 1.02. The van der Waals surface area contributed by atoms with E-state index in [-0.39, 0.29) is 0 Å². The molecule has 0 bridgehead atoms. The van der Waals surface area contributed by atoms with E-state index in [1.165, 1.54) is 0 Å². The van der Waals surface area contributed by atoms with Gasteiger partial charge in [-0.15, -0.1) is 0 Å². The van der Waals surface area contributed by atoms with Gasteiger partial charge in [-0.1, -0.05) is 0 Å². The van der Waals surface area contributed by atoms with Gasteiger partial charge in [0.05, 0.1) is 0 Å². The van der Waals surface area contributed by atoms with Gasteiger partial charge in [0, 0.05) is 19.0 Å². The van der Waals surface area contributed by atoms with Crippen molar-refractivity contribution in [3.05, 3.63) is 0 Å². The third kappa shape index (κ3) is 1.07. The van der Waals surface area contributed by atoms with Crippen molar-refractivity contribution in [2.45, 2.75) is 32.7 Å². The Labute approximate surface area is 55.8 Å². The molecule has 0 radical (unpaired) electrons. The fraction of sp³-hybridized carbons (Fsp3) is 0.857. The van der Waals surface area contributed by atoms with E-state index in [0.29, 0.717) is 11.9 Å². The van der Waals surface area contributed by atoms with Crippen LogP contribution in [0.2, 0.25) is 0 Å². The van der Waals surface area contributed by atoms with Crippen molar-refractivity contribution >= 4 is 5.91 Å². The van der Waals surface area contributed by atoms with Crippen molar-refractivity contribution in [3.63, 3.8) is 0 Å². The zero-order valence-electron chi connectivity index (χ0n) is 6.05. The molecular formula is C7H13NO. The number of nitrogens with zero attached hydrogens (tertiary/aromatic N) is 1. The molecule has 1 heterocycles. The molecule has 52 valence electrons. The molecule has 1 aliphatic heterocycles. The second kappa shape index (κ2) is 2.38. The van der Waals surface area contributed by atoms with Gasteiger partial charge in [0.25, 0.3) is 0 Å². The van der Waals surface area contributed by atoms with E-state index >= 15 is 0 Å². The molecule has 1 atom stereocenters. The first-order chi connectivity index (χ1) is 4.25. The number of carbonyl (C=O) groups is 1. The van der Waals surface area contributed by atoms with Crippen LogP contribution in [0.1, 0.15) is 26.7 Å². The minimum Gasteiger partial charge on any atom is -0.340 e. The van der Waals surface area contributed by atoms with Crippen molar-refractivity contribution in [2.24, 2.45) is 0 Å². The fourth-order valence-electron chi connectivity index (χ4n) is 1.37. The van der Waals surface area contributed by atoms with Crippen LogP contribution in [0.4, 0.5) is 0 Å². The second-order valence-electron chi connectivity index (χ2n) is 2.57. The largest absolute Gasteiger partial charge is 0.340 e. The maximum absolute atomic E-state index is 10.9. The molecule has 1 fully saturated rings. The number of rotatable bonds is 1. The predicted molar refractivity (Wildman–Crippen MR) is 36.1 cm³/mol. The van der Waals surface area contributed by atoms with Crippen LogP contribution in [-0.2, 0) is 4.79 Å². The standard InChI is InChI=1S/C7H13NO/c1-3-8-6(2)4-5-7(8)9/h6H,3-5H2,1-2H3/t6-/m0/s1. The first-order valence-electron chi connectivity index (χ1n) is 3.55. The summed E-state index contributed by atoms with van der Waals surface area (Å²) in [6, 6.07) is 0.488. The highest BCUT2D eigenvalue weighted by Gasteiger charge is 2.25. The van der Waals surface area contributed by atoms with Crippen LogP contribution in [0.25, 0.3) is 0 Å². The summed E-state index contributed by atoms with van der Waals surface area (Å²) >= 11 is 0. The second-order valence-corrected chi connectivity index (χ2v) is 2.57. The maximum atomic E-state index is 10.9. The highest BCUT2D eigenvalue weighted by molar-refractivity contribution is 5.78. The third-order valence-corrected chi connectivity index (χ3v) is 1.97. The molecule has 9 heavy (non-hydrogen) atoms. The quantitative estimate of drug-likeness (QED) is 0.515. The Kier molecular flexibility index (Phi) is 1.74. The smallest absolute Gasteiger partial charge is 0.222 e. The summed E-state index contributed by atoms with van der Waals surface area (Å²) in [5.41, 5.74) is 0. The Morgan fingerprint density at radius 1 is 1.78 bits per heavy atom. The minimum absolute atomic E-state index is 0.324. The molecule has 0 aromatic heterocycles. The molecule has 1 saturated heterocycles. The Morgan fingerprint density at radius 2 is 2.44 bits per heavy atom. The van der Waals surface area contributed by atoms with Crippen molar-refractivity contribution in [1.82, 2.24) is 4.90 Å².